The molecule has 1 aromatic carbocycles. The molecule has 1 heterocycles. The molecule has 0 saturated carbocycles. The Morgan fingerprint density at radius 3 is 2.65 bits per heavy atom. The van der Waals surface area contributed by atoms with Crippen LogP contribution < -0.4 is 10.1 Å². The molecule has 2 N–H and O–H groups in total. The topological polar surface area (TPSA) is 71.5 Å². The van der Waals surface area contributed by atoms with E-state index < -0.39 is 5.97 Å². The Morgan fingerprint density at radius 2 is 2.04 bits per heavy atom. The van der Waals surface area contributed by atoms with Crippen LogP contribution in [0, 0.1) is 6.92 Å². The van der Waals surface area contributed by atoms with E-state index in [4.69, 9.17) is 9.84 Å². The molecule has 2 aromatic rings. The lowest BCUT2D eigenvalue weighted by Crippen LogP contribution is -2.00. The van der Waals surface area contributed by atoms with Crippen LogP contribution in [0.15, 0.2) is 24.3 Å². The Kier molecular flexibility index (Phi) is 6.40. The number of anilines is 1. The first-order chi connectivity index (χ1) is 11.1. The highest BCUT2D eigenvalue weighted by Crippen LogP contribution is 2.23. The molecular formula is C17H22N2O3S. The van der Waals surface area contributed by atoms with Crippen molar-refractivity contribution in [3.8, 4) is 5.75 Å². The molecule has 0 aliphatic rings. The fourth-order valence-corrected chi connectivity index (χ4v) is 2.89. The first kappa shape index (κ1) is 17.3. The number of aromatic nitrogens is 1. The minimum absolute atomic E-state index is 0.281. The SMILES string of the molecule is CCCCCOc1ccc(CNc2nc(C)c(C(=O)O)s2)cc1. The van der Waals surface area contributed by atoms with Crippen LogP contribution in [0.2, 0.25) is 0 Å². The van der Waals surface area contributed by atoms with E-state index in [1.807, 2.05) is 24.3 Å². The van der Waals surface area contributed by atoms with E-state index in [1.165, 1.54) is 12.8 Å². The molecule has 0 bridgehead atoms. The second-order valence-corrected chi connectivity index (χ2v) is 6.29. The quantitative estimate of drug-likeness (QED) is 0.668. The van der Waals surface area contributed by atoms with Crippen LogP contribution in [-0.2, 0) is 6.54 Å². The van der Waals surface area contributed by atoms with Crippen LogP contribution in [0.1, 0.15) is 47.1 Å². The number of hydrogen-bond acceptors (Lipinski definition) is 5. The minimum Gasteiger partial charge on any atom is -0.494 e. The summed E-state index contributed by atoms with van der Waals surface area (Å²) in [5.41, 5.74) is 1.64. The van der Waals surface area contributed by atoms with Crippen LogP contribution in [0.4, 0.5) is 5.13 Å². The largest absolute Gasteiger partial charge is 0.494 e. The first-order valence-electron chi connectivity index (χ1n) is 7.76. The molecule has 1 aromatic heterocycles. The Balaban J connectivity index is 1.84. The number of unbranched alkanes of at least 4 members (excludes halogenated alkanes) is 2. The minimum atomic E-state index is -0.933. The molecule has 2 rings (SSSR count). The summed E-state index contributed by atoms with van der Waals surface area (Å²) in [5.74, 6) is -0.0549. The Morgan fingerprint density at radius 1 is 1.30 bits per heavy atom. The fourth-order valence-electron chi connectivity index (χ4n) is 2.09. The maximum Gasteiger partial charge on any atom is 0.347 e. The molecule has 6 heteroatoms. The zero-order valence-corrected chi connectivity index (χ0v) is 14.3. The average Bonchev–Trinajstić information content (AvgIpc) is 2.92. The van der Waals surface area contributed by atoms with Crippen molar-refractivity contribution >= 4 is 22.4 Å². The molecule has 124 valence electrons. The van der Waals surface area contributed by atoms with E-state index in [1.54, 1.807) is 6.92 Å². The van der Waals surface area contributed by atoms with Gasteiger partial charge in [0.15, 0.2) is 5.13 Å². The average molecular weight is 334 g/mol. The van der Waals surface area contributed by atoms with Crippen LogP contribution >= 0.6 is 11.3 Å². The van der Waals surface area contributed by atoms with Crippen molar-refractivity contribution < 1.29 is 14.6 Å². The van der Waals surface area contributed by atoms with Gasteiger partial charge in [0.05, 0.1) is 12.3 Å². The second kappa shape index (κ2) is 8.53. The summed E-state index contributed by atoms with van der Waals surface area (Å²) < 4.78 is 5.68. The maximum atomic E-state index is 11.0. The summed E-state index contributed by atoms with van der Waals surface area (Å²) in [6.45, 7) is 5.23. The van der Waals surface area contributed by atoms with Crippen molar-refractivity contribution in [1.29, 1.82) is 0 Å². The zero-order valence-electron chi connectivity index (χ0n) is 13.5. The lowest BCUT2D eigenvalue weighted by molar-refractivity contribution is 0.0701. The van der Waals surface area contributed by atoms with Crippen molar-refractivity contribution in [2.75, 3.05) is 11.9 Å². The third kappa shape index (κ3) is 5.25. The molecule has 0 atom stereocenters. The summed E-state index contributed by atoms with van der Waals surface area (Å²) in [5, 5.41) is 12.8. The molecule has 0 aliphatic carbocycles. The van der Waals surface area contributed by atoms with Crippen LogP contribution in [0.3, 0.4) is 0 Å². The lowest BCUT2D eigenvalue weighted by Gasteiger charge is -2.07. The molecule has 0 unspecified atom stereocenters. The van der Waals surface area contributed by atoms with Gasteiger partial charge in [-0.2, -0.15) is 0 Å². The smallest absolute Gasteiger partial charge is 0.347 e. The van der Waals surface area contributed by atoms with E-state index in [9.17, 15) is 4.79 Å². The summed E-state index contributed by atoms with van der Waals surface area (Å²) in [7, 11) is 0. The van der Waals surface area contributed by atoms with E-state index in [-0.39, 0.29) is 4.88 Å². The number of aromatic carboxylic acids is 1. The lowest BCUT2D eigenvalue weighted by atomic mass is 10.2. The first-order valence-corrected chi connectivity index (χ1v) is 8.58. The number of thiazole rings is 1. The van der Waals surface area contributed by atoms with Gasteiger partial charge in [-0.15, -0.1) is 0 Å². The third-order valence-electron chi connectivity index (χ3n) is 3.37. The highest BCUT2D eigenvalue weighted by Gasteiger charge is 2.13. The number of benzene rings is 1. The van der Waals surface area contributed by atoms with Crippen LogP contribution in [0.5, 0.6) is 5.75 Å². The second-order valence-electron chi connectivity index (χ2n) is 5.29. The number of carboxylic acids is 1. The Labute approximate surface area is 140 Å². The van der Waals surface area contributed by atoms with Crippen molar-refractivity contribution in [2.45, 2.75) is 39.7 Å². The van der Waals surface area contributed by atoms with Gasteiger partial charge in [0.2, 0.25) is 0 Å². The molecule has 0 fully saturated rings. The van der Waals surface area contributed by atoms with Crippen LogP contribution in [0.25, 0.3) is 0 Å². The summed E-state index contributed by atoms with van der Waals surface area (Å²) in [4.78, 5) is 15.5. The predicted octanol–water partition coefficient (Wildman–Crippen LogP) is 4.33. The number of nitrogens with zero attached hydrogens (tertiary/aromatic N) is 1. The number of aryl methyl sites for hydroxylation is 1. The number of hydrogen-bond donors (Lipinski definition) is 2. The number of ether oxygens (including phenoxy) is 1. The van der Waals surface area contributed by atoms with Gasteiger partial charge in [0.25, 0.3) is 0 Å². The van der Waals surface area contributed by atoms with Gasteiger partial charge in [-0.05, 0) is 31.0 Å². The normalized spacial score (nSPS) is 10.5. The Bertz CT molecular complexity index is 638. The number of nitrogens with one attached hydrogen (secondary N) is 1. The molecular weight excluding hydrogens is 312 g/mol. The molecule has 23 heavy (non-hydrogen) atoms. The number of rotatable bonds is 9. The number of carbonyl (C=O) groups is 1. The molecule has 0 radical (unpaired) electrons. The fraction of sp³-hybridized carbons (Fsp3) is 0.412. The summed E-state index contributed by atoms with van der Waals surface area (Å²) in [6.07, 6.45) is 3.45. The standard InChI is InChI=1S/C17H22N2O3S/c1-3-4-5-10-22-14-8-6-13(7-9-14)11-18-17-19-12(2)15(23-17)16(20)21/h6-9H,3-5,10-11H2,1-2H3,(H,18,19)(H,20,21). The molecule has 5 nitrogen and oxygen atoms in total. The zero-order chi connectivity index (χ0) is 16.7. The maximum absolute atomic E-state index is 11.0. The highest BCUT2D eigenvalue weighted by molar-refractivity contribution is 7.17. The van der Waals surface area contributed by atoms with E-state index >= 15 is 0 Å². The Hall–Kier alpha value is -2.08. The summed E-state index contributed by atoms with van der Waals surface area (Å²) >= 11 is 1.16. The van der Waals surface area contributed by atoms with Gasteiger partial charge in [-0.25, -0.2) is 9.78 Å². The number of carboxylic acid groups (broad SMARTS) is 1. The van der Waals surface area contributed by atoms with E-state index in [2.05, 4.69) is 17.2 Å². The van der Waals surface area contributed by atoms with E-state index in [0.29, 0.717) is 17.4 Å². The van der Waals surface area contributed by atoms with Gasteiger partial charge < -0.3 is 15.2 Å². The van der Waals surface area contributed by atoms with Gasteiger partial charge >= 0.3 is 5.97 Å². The molecule has 0 aliphatic heterocycles. The molecule has 0 saturated heterocycles. The van der Waals surface area contributed by atoms with Gasteiger partial charge in [0, 0.05) is 6.54 Å². The van der Waals surface area contributed by atoms with Crippen molar-refractivity contribution in [2.24, 2.45) is 0 Å². The van der Waals surface area contributed by atoms with E-state index in [0.717, 1.165) is 35.7 Å². The monoisotopic (exact) mass is 334 g/mol. The van der Waals surface area contributed by atoms with Gasteiger partial charge in [-0.3, -0.25) is 0 Å². The predicted molar refractivity (Wildman–Crippen MR) is 92.6 cm³/mol. The highest BCUT2D eigenvalue weighted by atomic mass is 32.1. The van der Waals surface area contributed by atoms with Gasteiger partial charge in [-0.1, -0.05) is 43.2 Å². The molecule has 0 spiro atoms. The van der Waals surface area contributed by atoms with Gasteiger partial charge in [0.1, 0.15) is 10.6 Å². The van der Waals surface area contributed by atoms with Crippen molar-refractivity contribution in [1.82, 2.24) is 4.98 Å². The van der Waals surface area contributed by atoms with Crippen LogP contribution in [-0.4, -0.2) is 22.7 Å². The van der Waals surface area contributed by atoms with Crippen molar-refractivity contribution in [3.05, 3.63) is 40.4 Å². The molecule has 0 amide bonds. The third-order valence-corrected chi connectivity index (χ3v) is 4.48. The van der Waals surface area contributed by atoms with Crippen molar-refractivity contribution in [3.63, 3.8) is 0 Å². The summed E-state index contributed by atoms with van der Waals surface area (Å²) in [6, 6.07) is 7.92.